The molecule has 0 aliphatic heterocycles. The van der Waals surface area contributed by atoms with Gasteiger partial charge in [0, 0.05) is 44.6 Å². The van der Waals surface area contributed by atoms with E-state index in [4.69, 9.17) is 15.0 Å². The molecule has 5 nitrogen and oxygen atoms in total. The van der Waals surface area contributed by atoms with Crippen LogP contribution in [0.2, 0.25) is 0 Å². The highest BCUT2D eigenvalue weighted by atomic mass is 15.1. The standard InChI is InChI=1S/C54H39N5/c1-36-55-52(57-53(56-36)35-58-48-24-11-8-21-45(48)46-23-14-22-42(54(46)58)39-17-6-3-7-18-39)33-37-27-29-40(30-28-37)47-34-41(38-15-4-2-5-16-38)31-32-51(47)59-49-25-12-9-19-43(49)44-20-10-13-26-50(44)59/h2-32,34H,33,35H2,1H3. The monoisotopic (exact) mass is 757 g/mol. The first-order chi connectivity index (χ1) is 29.2. The lowest BCUT2D eigenvalue weighted by molar-refractivity contribution is 0.742. The maximum Gasteiger partial charge on any atom is 0.152 e. The fraction of sp³-hybridized carbons (Fsp3) is 0.0556. The van der Waals surface area contributed by atoms with E-state index in [1.165, 1.54) is 65.9 Å². The summed E-state index contributed by atoms with van der Waals surface area (Å²) in [6.07, 6.45) is 0.600. The summed E-state index contributed by atoms with van der Waals surface area (Å²) in [6, 6.07) is 69.7. The molecule has 3 aromatic heterocycles. The minimum Gasteiger partial charge on any atom is -0.332 e. The van der Waals surface area contributed by atoms with Gasteiger partial charge in [0.2, 0.25) is 0 Å². The van der Waals surface area contributed by atoms with Gasteiger partial charge in [-0.2, -0.15) is 0 Å². The van der Waals surface area contributed by atoms with E-state index >= 15 is 0 Å². The largest absolute Gasteiger partial charge is 0.332 e. The van der Waals surface area contributed by atoms with Crippen molar-refractivity contribution in [1.29, 1.82) is 0 Å². The van der Waals surface area contributed by atoms with E-state index in [1.807, 2.05) is 6.92 Å². The van der Waals surface area contributed by atoms with E-state index in [0.717, 1.165) is 39.8 Å². The number of aromatic nitrogens is 5. The van der Waals surface area contributed by atoms with Crippen LogP contribution in [0.5, 0.6) is 0 Å². The summed E-state index contributed by atoms with van der Waals surface area (Å²) in [5, 5.41) is 4.95. The van der Waals surface area contributed by atoms with Crippen molar-refractivity contribution in [2.45, 2.75) is 19.9 Å². The first kappa shape index (κ1) is 34.6. The predicted molar refractivity (Wildman–Crippen MR) is 243 cm³/mol. The Morgan fingerprint density at radius 2 is 0.949 bits per heavy atom. The van der Waals surface area contributed by atoms with Crippen molar-refractivity contribution < 1.29 is 0 Å². The highest BCUT2D eigenvalue weighted by molar-refractivity contribution is 6.13. The van der Waals surface area contributed by atoms with Gasteiger partial charge in [0.1, 0.15) is 11.6 Å². The van der Waals surface area contributed by atoms with E-state index < -0.39 is 0 Å². The van der Waals surface area contributed by atoms with Crippen LogP contribution in [0.25, 0.3) is 82.7 Å². The third kappa shape index (κ3) is 6.16. The SMILES string of the molecule is Cc1nc(Cc2ccc(-c3cc(-c4ccccc4)ccc3-n3c4ccccc4c4ccccc43)cc2)nc(Cn2c3ccccc3c3cccc(-c4ccccc4)c32)n1. The van der Waals surface area contributed by atoms with Crippen LogP contribution in [-0.4, -0.2) is 24.1 Å². The zero-order chi connectivity index (χ0) is 39.3. The number of benzene rings is 8. The van der Waals surface area contributed by atoms with Crippen molar-refractivity contribution in [1.82, 2.24) is 24.1 Å². The number of rotatable bonds is 8. The van der Waals surface area contributed by atoms with E-state index in [0.29, 0.717) is 13.0 Å². The Morgan fingerprint density at radius 1 is 0.407 bits per heavy atom. The predicted octanol–water partition coefficient (Wildman–Crippen LogP) is 13.0. The number of nitrogens with zero attached hydrogens (tertiary/aromatic N) is 5. The van der Waals surface area contributed by atoms with Gasteiger partial charge in [-0.15, -0.1) is 0 Å². The molecule has 0 radical (unpaired) electrons. The minimum absolute atomic E-state index is 0.534. The van der Waals surface area contributed by atoms with E-state index in [1.54, 1.807) is 0 Å². The van der Waals surface area contributed by atoms with Crippen molar-refractivity contribution in [3.8, 4) is 39.1 Å². The van der Waals surface area contributed by atoms with Gasteiger partial charge in [0.05, 0.1) is 28.8 Å². The number of hydrogen-bond donors (Lipinski definition) is 0. The van der Waals surface area contributed by atoms with Gasteiger partial charge in [-0.1, -0.05) is 164 Å². The molecule has 0 saturated carbocycles. The van der Waals surface area contributed by atoms with Gasteiger partial charge in [-0.25, -0.2) is 15.0 Å². The average Bonchev–Trinajstić information content (AvgIpc) is 3.79. The smallest absolute Gasteiger partial charge is 0.152 e. The molecule has 8 aromatic carbocycles. The second kappa shape index (κ2) is 14.4. The lowest BCUT2D eigenvalue weighted by Crippen LogP contribution is -2.10. The summed E-state index contributed by atoms with van der Waals surface area (Å²) in [7, 11) is 0. The van der Waals surface area contributed by atoms with Crippen molar-refractivity contribution in [2.24, 2.45) is 0 Å². The summed E-state index contributed by atoms with van der Waals surface area (Å²) < 4.78 is 4.79. The molecule has 0 N–H and O–H groups in total. The Labute approximate surface area is 342 Å². The molecule has 0 saturated heterocycles. The van der Waals surface area contributed by atoms with Gasteiger partial charge in [0.15, 0.2) is 5.82 Å². The second-order valence-electron chi connectivity index (χ2n) is 15.2. The third-order valence-corrected chi connectivity index (χ3v) is 11.6. The summed E-state index contributed by atoms with van der Waals surface area (Å²) in [6.45, 7) is 2.50. The molecule has 0 aliphatic carbocycles. The topological polar surface area (TPSA) is 48.5 Å². The molecular weight excluding hydrogens is 719 g/mol. The van der Waals surface area contributed by atoms with Crippen molar-refractivity contribution in [3.05, 3.63) is 217 Å². The van der Waals surface area contributed by atoms with Gasteiger partial charge >= 0.3 is 0 Å². The van der Waals surface area contributed by atoms with Gasteiger partial charge < -0.3 is 9.13 Å². The zero-order valence-electron chi connectivity index (χ0n) is 32.6. The highest BCUT2D eigenvalue weighted by Crippen LogP contribution is 2.39. The number of para-hydroxylation sites is 4. The Hall–Kier alpha value is -7.63. The summed E-state index contributed by atoms with van der Waals surface area (Å²) in [5.41, 5.74) is 14.1. The van der Waals surface area contributed by atoms with Crippen LogP contribution in [-0.2, 0) is 13.0 Å². The van der Waals surface area contributed by atoms with Crippen molar-refractivity contribution in [3.63, 3.8) is 0 Å². The minimum atomic E-state index is 0.534. The van der Waals surface area contributed by atoms with Gasteiger partial charge in [-0.05, 0) is 65.1 Å². The van der Waals surface area contributed by atoms with Crippen LogP contribution in [0.1, 0.15) is 23.0 Å². The van der Waals surface area contributed by atoms with Crippen LogP contribution in [0, 0.1) is 6.92 Å². The fourth-order valence-electron chi connectivity index (χ4n) is 8.95. The third-order valence-electron chi connectivity index (χ3n) is 11.6. The van der Waals surface area contributed by atoms with E-state index in [9.17, 15) is 0 Å². The molecule has 0 unspecified atom stereocenters. The summed E-state index contributed by atoms with van der Waals surface area (Å²) >= 11 is 0. The van der Waals surface area contributed by atoms with Gasteiger partial charge in [0.25, 0.3) is 0 Å². The molecule has 11 rings (SSSR count). The van der Waals surface area contributed by atoms with Crippen LogP contribution < -0.4 is 0 Å². The number of aryl methyl sites for hydroxylation is 1. The van der Waals surface area contributed by atoms with Gasteiger partial charge in [-0.3, -0.25) is 0 Å². The Balaban J connectivity index is 0.965. The molecule has 0 bridgehead atoms. The molecule has 0 amide bonds. The van der Waals surface area contributed by atoms with Crippen LogP contribution in [0.3, 0.4) is 0 Å². The van der Waals surface area contributed by atoms with Crippen LogP contribution in [0.15, 0.2) is 194 Å². The molecule has 59 heavy (non-hydrogen) atoms. The lowest BCUT2D eigenvalue weighted by atomic mass is 9.96. The lowest BCUT2D eigenvalue weighted by Gasteiger charge is -2.16. The fourth-order valence-corrected chi connectivity index (χ4v) is 8.95. The summed E-state index contributed by atoms with van der Waals surface area (Å²) in [5.74, 6) is 2.24. The second-order valence-corrected chi connectivity index (χ2v) is 15.2. The van der Waals surface area contributed by atoms with Crippen LogP contribution in [0.4, 0.5) is 0 Å². The maximum absolute atomic E-state index is 5.10. The maximum atomic E-state index is 5.10. The molecular formula is C54H39N5. The van der Waals surface area contributed by atoms with Crippen molar-refractivity contribution >= 4 is 43.6 Å². The highest BCUT2D eigenvalue weighted by Gasteiger charge is 2.19. The van der Waals surface area contributed by atoms with E-state index in [-0.39, 0.29) is 0 Å². The average molecular weight is 758 g/mol. The Kier molecular flexibility index (Phi) is 8.44. The van der Waals surface area contributed by atoms with Crippen LogP contribution >= 0.6 is 0 Å². The molecule has 5 heteroatoms. The first-order valence-corrected chi connectivity index (χ1v) is 20.2. The van der Waals surface area contributed by atoms with E-state index in [2.05, 4.69) is 203 Å². The molecule has 0 atom stereocenters. The molecule has 0 aliphatic rings. The summed E-state index contributed by atoms with van der Waals surface area (Å²) in [4.78, 5) is 14.8. The van der Waals surface area contributed by atoms with Crippen molar-refractivity contribution in [2.75, 3.05) is 0 Å². The zero-order valence-corrected chi connectivity index (χ0v) is 32.6. The first-order valence-electron chi connectivity index (χ1n) is 20.2. The Morgan fingerprint density at radius 3 is 1.64 bits per heavy atom. The number of fused-ring (bicyclic) bond motifs is 6. The molecule has 0 fully saturated rings. The molecule has 280 valence electrons. The Bertz CT molecular complexity index is 3270. The number of hydrogen-bond acceptors (Lipinski definition) is 3. The normalized spacial score (nSPS) is 11.6. The molecule has 11 aromatic rings. The molecule has 0 spiro atoms. The quantitative estimate of drug-likeness (QED) is 0.155. The molecule has 3 heterocycles.